The number of aromatic amines is 1. The van der Waals surface area contributed by atoms with Gasteiger partial charge >= 0.3 is 0 Å². The molecule has 2 heterocycles. The summed E-state index contributed by atoms with van der Waals surface area (Å²) in [6, 6.07) is 5.70. The molecular formula is C21H27N5O2. The van der Waals surface area contributed by atoms with Gasteiger partial charge in [0.15, 0.2) is 11.6 Å². The van der Waals surface area contributed by atoms with Gasteiger partial charge in [-0.3, -0.25) is 9.69 Å². The highest BCUT2D eigenvalue weighted by Crippen LogP contribution is 2.18. The summed E-state index contributed by atoms with van der Waals surface area (Å²) in [6.45, 7) is 15.8. The molecule has 1 aromatic carbocycles. The van der Waals surface area contributed by atoms with Crippen LogP contribution in [0.5, 0.6) is 0 Å². The van der Waals surface area contributed by atoms with Crippen molar-refractivity contribution in [2.45, 2.75) is 20.4 Å². The maximum absolute atomic E-state index is 12.3. The van der Waals surface area contributed by atoms with Crippen molar-refractivity contribution in [2.24, 2.45) is 4.99 Å². The molecule has 3 rings (SSSR count). The summed E-state index contributed by atoms with van der Waals surface area (Å²) in [5, 5.41) is 0.624. The van der Waals surface area contributed by atoms with Gasteiger partial charge in [0.25, 0.3) is 5.56 Å². The summed E-state index contributed by atoms with van der Waals surface area (Å²) in [6.07, 6.45) is 1.67. The van der Waals surface area contributed by atoms with Crippen molar-refractivity contribution in [1.82, 2.24) is 19.8 Å². The number of aryl methyl sites for hydroxylation is 1. The molecule has 0 spiro atoms. The Morgan fingerprint density at radius 1 is 1.36 bits per heavy atom. The molecule has 1 fully saturated rings. The zero-order valence-electron chi connectivity index (χ0n) is 16.6. The average molecular weight is 381 g/mol. The molecule has 0 atom stereocenters. The number of benzene rings is 1. The van der Waals surface area contributed by atoms with Crippen molar-refractivity contribution in [2.75, 3.05) is 32.8 Å². The molecule has 2 aromatic rings. The van der Waals surface area contributed by atoms with Crippen LogP contribution in [0.25, 0.3) is 10.9 Å². The Labute approximate surface area is 165 Å². The number of fused-ring (bicyclic) bond motifs is 1. The number of aromatic nitrogens is 2. The maximum atomic E-state index is 12.3. The summed E-state index contributed by atoms with van der Waals surface area (Å²) in [7, 11) is 0. The van der Waals surface area contributed by atoms with Gasteiger partial charge in [-0.2, -0.15) is 0 Å². The van der Waals surface area contributed by atoms with Crippen LogP contribution in [0.1, 0.15) is 18.3 Å². The smallest absolute Gasteiger partial charge is 0.258 e. The fourth-order valence-electron chi connectivity index (χ4n) is 3.41. The molecular weight excluding hydrogens is 354 g/mol. The van der Waals surface area contributed by atoms with E-state index in [0.29, 0.717) is 30.1 Å². The standard InChI is InChI=1S/C21H27N5O2/c1-5-18(28-6-2)20(22-4)26-11-9-25(10-12-26)14-19-23-17-13-15(3)7-8-16(17)21(27)24-19/h5,7-8,13H,1,4,6,9-12,14H2,2-3H3,(H,23,24,27)/b20-18-. The summed E-state index contributed by atoms with van der Waals surface area (Å²) in [5.74, 6) is 2.07. The van der Waals surface area contributed by atoms with E-state index in [9.17, 15) is 4.79 Å². The normalized spacial score (nSPS) is 16.0. The lowest BCUT2D eigenvalue weighted by atomic mass is 10.2. The second kappa shape index (κ2) is 8.84. The van der Waals surface area contributed by atoms with Crippen LogP contribution in [0.2, 0.25) is 0 Å². The maximum Gasteiger partial charge on any atom is 0.258 e. The summed E-state index contributed by atoms with van der Waals surface area (Å²) in [5.41, 5.74) is 1.74. The molecule has 0 bridgehead atoms. The van der Waals surface area contributed by atoms with Crippen LogP contribution in [-0.2, 0) is 11.3 Å². The van der Waals surface area contributed by atoms with Crippen LogP contribution in [0.15, 0.2) is 52.2 Å². The molecule has 0 unspecified atom stereocenters. The van der Waals surface area contributed by atoms with Gasteiger partial charge in [-0.05, 0) is 44.3 Å². The monoisotopic (exact) mass is 381 g/mol. The van der Waals surface area contributed by atoms with Crippen LogP contribution < -0.4 is 5.56 Å². The van der Waals surface area contributed by atoms with Gasteiger partial charge in [0.05, 0.1) is 24.1 Å². The van der Waals surface area contributed by atoms with Crippen LogP contribution >= 0.6 is 0 Å². The van der Waals surface area contributed by atoms with E-state index in [-0.39, 0.29) is 5.56 Å². The molecule has 1 aliphatic rings. The molecule has 1 aromatic heterocycles. The molecule has 0 radical (unpaired) electrons. The Balaban J connectivity index is 1.70. The quantitative estimate of drug-likeness (QED) is 0.453. The number of hydrogen-bond donors (Lipinski definition) is 1. The number of nitrogens with one attached hydrogen (secondary N) is 1. The van der Waals surface area contributed by atoms with Crippen LogP contribution in [0.3, 0.4) is 0 Å². The SMILES string of the molecule is C=C/C(OCC)=C(\N=C)N1CCN(Cc2nc3cc(C)ccc3c(=O)[nH]2)CC1. The lowest BCUT2D eigenvalue weighted by molar-refractivity contribution is 0.139. The first-order chi connectivity index (χ1) is 13.5. The van der Waals surface area contributed by atoms with E-state index in [2.05, 4.69) is 38.1 Å². The number of ether oxygens (including phenoxy) is 1. The highest BCUT2D eigenvalue weighted by atomic mass is 16.5. The highest BCUT2D eigenvalue weighted by molar-refractivity contribution is 5.78. The van der Waals surface area contributed by atoms with Gasteiger partial charge < -0.3 is 14.6 Å². The minimum atomic E-state index is -0.0907. The number of aliphatic imine (C=N–C) groups is 1. The topological polar surface area (TPSA) is 73.8 Å². The first-order valence-electron chi connectivity index (χ1n) is 9.48. The molecule has 1 N–H and O–H groups in total. The van der Waals surface area contributed by atoms with Gasteiger partial charge in [0, 0.05) is 26.2 Å². The summed E-state index contributed by atoms with van der Waals surface area (Å²) >= 11 is 0. The molecule has 7 heteroatoms. The minimum Gasteiger partial charge on any atom is -0.490 e. The minimum absolute atomic E-state index is 0.0907. The van der Waals surface area contributed by atoms with Crippen molar-refractivity contribution in [1.29, 1.82) is 0 Å². The largest absolute Gasteiger partial charge is 0.490 e. The zero-order chi connectivity index (χ0) is 20.1. The van der Waals surface area contributed by atoms with Crippen molar-refractivity contribution in [3.8, 4) is 0 Å². The van der Waals surface area contributed by atoms with Crippen LogP contribution in [0, 0.1) is 6.92 Å². The Hall–Kier alpha value is -2.93. The second-order valence-corrected chi connectivity index (χ2v) is 6.78. The van der Waals surface area contributed by atoms with E-state index in [1.54, 1.807) is 6.08 Å². The van der Waals surface area contributed by atoms with E-state index in [0.717, 1.165) is 43.1 Å². The molecule has 28 heavy (non-hydrogen) atoms. The lowest BCUT2D eigenvalue weighted by Crippen LogP contribution is -2.45. The Kier molecular flexibility index (Phi) is 6.26. The van der Waals surface area contributed by atoms with E-state index in [4.69, 9.17) is 4.74 Å². The fraction of sp³-hybridized carbons (Fsp3) is 0.381. The number of rotatable bonds is 7. The van der Waals surface area contributed by atoms with E-state index in [1.807, 2.05) is 32.0 Å². The van der Waals surface area contributed by atoms with Crippen LogP contribution in [0.4, 0.5) is 0 Å². The molecule has 1 aliphatic heterocycles. The Bertz CT molecular complexity index is 955. The van der Waals surface area contributed by atoms with Crippen molar-refractivity contribution in [3.05, 3.63) is 64.2 Å². The molecule has 0 aliphatic carbocycles. The van der Waals surface area contributed by atoms with Crippen LogP contribution in [-0.4, -0.2) is 59.3 Å². The van der Waals surface area contributed by atoms with E-state index in [1.165, 1.54) is 0 Å². The molecule has 148 valence electrons. The lowest BCUT2D eigenvalue weighted by Gasteiger charge is -2.36. The Morgan fingerprint density at radius 3 is 2.75 bits per heavy atom. The number of allylic oxidation sites excluding steroid dienone is 1. The second-order valence-electron chi connectivity index (χ2n) is 6.78. The summed E-state index contributed by atoms with van der Waals surface area (Å²) in [4.78, 5) is 28.5. The first-order valence-corrected chi connectivity index (χ1v) is 9.48. The predicted molar refractivity (Wildman–Crippen MR) is 112 cm³/mol. The van der Waals surface area contributed by atoms with Crippen molar-refractivity contribution < 1.29 is 4.74 Å². The van der Waals surface area contributed by atoms with E-state index >= 15 is 0 Å². The summed E-state index contributed by atoms with van der Waals surface area (Å²) < 4.78 is 5.61. The van der Waals surface area contributed by atoms with Gasteiger partial charge in [-0.25, -0.2) is 9.98 Å². The average Bonchev–Trinajstić information content (AvgIpc) is 2.68. The number of hydrogen-bond acceptors (Lipinski definition) is 6. The molecule has 1 saturated heterocycles. The Morgan fingerprint density at radius 2 is 2.11 bits per heavy atom. The highest BCUT2D eigenvalue weighted by Gasteiger charge is 2.21. The number of H-pyrrole nitrogens is 1. The molecule has 0 saturated carbocycles. The van der Waals surface area contributed by atoms with Gasteiger partial charge in [-0.15, -0.1) is 0 Å². The number of piperazine rings is 1. The zero-order valence-corrected chi connectivity index (χ0v) is 16.6. The predicted octanol–water partition coefficient (Wildman–Crippen LogP) is 2.44. The van der Waals surface area contributed by atoms with Crippen molar-refractivity contribution in [3.63, 3.8) is 0 Å². The van der Waals surface area contributed by atoms with Gasteiger partial charge in [-0.1, -0.05) is 12.6 Å². The fourth-order valence-corrected chi connectivity index (χ4v) is 3.41. The third kappa shape index (κ3) is 4.31. The van der Waals surface area contributed by atoms with Gasteiger partial charge in [0.2, 0.25) is 0 Å². The molecule has 7 nitrogen and oxygen atoms in total. The molecule has 0 amide bonds. The van der Waals surface area contributed by atoms with Crippen molar-refractivity contribution >= 4 is 17.6 Å². The first kappa shape index (κ1) is 19.8. The third-order valence-corrected chi connectivity index (χ3v) is 4.81. The van der Waals surface area contributed by atoms with E-state index < -0.39 is 0 Å². The number of nitrogens with zero attached hydrogens (tertiary/aromatic N) is 4. The van der Waals surface area contributed by atoms with Gasteiger partial charge in [0.1, 0.15) is 5.82 Å². The third-order valence-electron chi connectivity index (χ3n) is 4.81.